The number of methoxy groups -OCH3 is 1. The third kappa shape index (κ3) is 4.88. The Bertz CT molecular complexity index is 595. The van der Waals surface area contributed by atoms with Gasteiger partial charge in [-0.25, -0.2) is 4.79 Å². The summed E-state index contributed by atoms with van der Waals surface area (Å²) >= 11 is 0. The summed E-state index contributed by atoms with van der Waals surface area (Å²) in [7, 11) is 1.51. The SMILES string of the molecule is COc1cc(C(=O)NC(C(=O)O)C2CC2)ccc1OCCC(C)C. The Kier molecular flexibility index (Phi) is 6.06. The fraction of sp³-hybridized carbons (Fsp3) is 0.556. The molecule has 1 aromatic carbocycles. The van der Waals surface area contributed by atoms with E-state index in [1.807, 2.05) is 0 Å². The van der Waals surface area contributed by atoms with Gasteiger partial charge in [0.15, 0.2) is 11.5 Å². The molecule has 1 unspecified atom stereocenters. The molecule has 2 N–H and O–H groups in total. The molecular weight excluding hydrogens is 310 g/mol. The minimum Gasteiger partial charge on any atom is -0.493 e. The van der Waals surface area contributed by atoms with Gasteiger partial charge in [-0.3, -0.25) is 4.79 Å². The molecule has 1 atom stereocenters. The predicted octanol–water partition coefficient (Wildman–Crippen LogP) is 2.71. The van der Waals surface area contributed by atoms with Crippen LogP contribution in [0.5, 0.6) is 11.5 Å². The number of benzene rings is 1. The van der Waals surface area contributed by atoms with Gasteiger partial charge in [-0.15, -0.1) is 0 Å². The summed E-state index contributed by atoms with van der Waals surface area (Å²) in [6, 6.07) is 4.05. The number of ether oxygens (including phenoxy) is 2. The highest BCUT2D eigenvalue weighted by atomic mass is 16.5. The Morgan fingerprint density at radius 2 is 2.00 bits per heavy atom. The smallest absolute Gasteiger partial charge is 0.326 e. The lowest BCUT2D eigenvalue weighted by Gasteiger charge is -2.15. The molecule has 0 aromatic heterocycles. The Hall–Kier alpha value is -2.24. The Morgan fingerprint density at radius 3 is 2.54 bits per heavy atom. The number of carboxylic acids is 1. The number of rotatable bonds is 9. The molecular formula is C18H25NO5. The monoisotopic (exact) mass is 335 g/mol. The summed E-state index contributed by atoms with van der Waals surface area (Å²) in [6.45, 7) is 4.81. The highest BCUT2D eigenvalue weighted by Gasteiger charge is 2.37. The van der Waals surface area contributed by atoms with Gasteiger partial charge in [0.2, 0.25) is 0 Å². The summed E-state index contributed by atoms with van der Waals surface area (Å²) in [5.74, 6) is 0.201. The van der Waals surface area contributed by atoms with Crippen molar-refractivity contribution in [3.05, 3.63) is 23.8 Å². The van der Waals surface area contributed by atoms with E-state index in [1.165, 1.54) is 7.11 Å². The van der Waals surface area contributed by atoms with Crippen molar-refractivity contribution in [2.45, 2.75) is 39.2 Å². The van der Waals surface area contributed by atoms with Crippen LogP contribution in [0.25, 0.3) is 0 Å². The van der Waals surface area contributed by atoms with E-state index in [0.29, 0.717) is 29.6 Å². The van der Waals surface area contributed by atoms with Crippen LogP contribution in [0.1, 0.15) is 43.5 Å². The molecule has 2 rings (SSSR count). The van der Waals surface area contributed by atoms with Gasteiger partial charge in [-0.2, -0.15) is 0 Å². The molecule has 0 bridgehead atoms. The van der Waals surface area contributed by atoms with Gasteiger partial charge in [-0.05, 0) is 49.3 Å². The van der Waals surface area contributed by atoms with E-state index in [2.05, 4.69) is 19.2 Å². The fourth-order valence-electron chi connectivity index (χ4n) is 2.37. The van der Waals surface area contributed by atoms with Gasteiger partial charge in [0.05, 0.1) is 13.7 Å². The molecule has 1 fully saturated rings. The number of amides is 1. The third-order valence-corrected chi connectivity index (χ3v) is 4.02. The second-order valence-electron chi connectivity index (χ2n) is 6.52. The molecule has 0 radical (unpaired) electrons. The van der Waals surface area contributed by atoms with Crippen molar-refractivity contribution >= 4 is 11.9 Å². The number of hydrogen-bond donors (Lipinski definition) is 2. The molecule has 1 saturated carbocycles. The zero-order valence-corrected chi connectivity index (χ0v) is 14.4. The molecule has 0 spiro atoms. The number of carbonyl (C=O) groups is 2. The summed E-state index contributed by atoms with van der Waals surface area (Å²) in [4.78, 5) is 23.5. The number of hydrogen-bond acceptors (Lipinski definition) is 4. The maximum Gasteiger partial charge on any atom is 0.326 e. The molecule has 132 valence electrons. The predicted molar refractivity (Wildman–Crippen MR) is 89.6 cm³/mol. The second-order valence-corrected chi connectivity index (χ2v) is 6.52. The zero-order valence-electron chi connectivity index (χ0n) is 14.4. The topological polar surface area (TPSA) is 84.9 Å². The van der Waals surface area contributed by atoms with Crippen molar-refractivity contribution < 1.29 is 24.2 Å². The van der Waals surface area contributed by atoms with E-state index >= 15 is 0 Å². The first kappa shape index (κ1) is 18.1. The highest BCUT2D eigenvalue weighted by Crippen LogP contribution is 2.33. The summed E-state index contributed by atoms with van der Waals surface area (Å²) in [5, 5.41) is 11.8. The normalized spacial score (nSPS) is 15.0. The molecule has 1 amide bonds. The number of carbonyl (C=O) groups excluding carboxylic acids is 1. The van der Waals surface area contributed by atoms with Crippen LogP contribution in [0, 0.1) is 11.8 Å². The van der Waals surface area contributed by atoms with Crippen molar-refractivity contribution in [2.75, 3.05) is 13.7 Å². The van der Waals surface area contributed by atoms with E-state index in [-0.39, 0.29) is 5.92 Å². The van der Waals surface area contributed by atoms with Crippen LogP contribution >= 0.6 is 0 Å². The van der Waals surface area contributed by atoms with Crippen LogP contribution in [0.2, 0.25) is 0 Å². The van der Waals surface area contributed by atoms with Gasteiger partial charge in [0.25, 0.3) is 5.91 Å². The van der Waals surface area contributed by atoms with E-state index in [1.54, 1.807) is 18.2 Å². The van der Waals surface area contributed by atoms with Gasteiger partial charge in [-0.1, -0.05) is 13.8 Å². The molecule has 1 aliphatic carbocycles. The summed E-state index contributed by atoms with van der Waals surface area (Å²) in [5.41, 5.74) is 0.356. The van der Waals surface area contributed by atoms with Crippen LogP contribution < -0.4 is 14.8 Å². The third-order valence-electron chi connectivity index (χ3n) is 4.02. The molecule has 0 saturated heterocycles. The lowest BCUT2D eigenvalue weighted by molar-refractivity contribution is -0.139. The second kappa shape index (κ2) is 8.04. The first-order valence-electron chi connectivity index (χ1n) is 8.27. The molecule has 24 heavy (non-hydrogen) atoms. The van der Waals surface area contributed by atoms with Crippen molar-refractivity contribution in [1.82, 2.24) is 5.32 Å². The average molecular weight is 335 g/mol. The zero-order chi connectivity index (χ0) is 17.7. The molecule has 6 nitrogen and oxygen atoms in total. The molecule has 1 aromatic rings. The average Bonchev–Trinajstić information content (AvgIpc) is 3.36. The van der Waals surface area contributed by atoms with Crippen molar-refractivity contribution in [2.24, 2.45) is 11.8 Å². The summed E-state index contributed by atoms with van der Waals surface area (Å²) in [6.07, 6.45) is 2.60. The molecule has 0 aliphatic heterocycles. The van der Waals surface area contributed by atoms with Crippen LogP contribution in [-0.4, -0.2) is 36.7 Å². The van der Waals surface area contributed by atoms with Gasteiger partial charge in [0, 0.05) is 5.56 Å². The lowest BCUT2D eigenvalue weighted by atomic mass is 10.1. The lowest BCUT2D eigenvalue weighted by Crippen LogP contribution is -2.42. The van der Waals surface area contributed by atoms with Gasteiger partial charge in [0.1, 0.15) is 6.04 Å². The van der Waals surface area contributed by atoms with E-state index in [9.17, 15) is 14.7 Å². The number of aliphatic carboxylic acids is 1. The number of nitrogens with one attached hydrogen (secondary N) is 1. The Balaban J connectivity index is 2.04. The highest BCUT2D eigenvalue weighted by molar-refractivity contribution is 5.97. The molecule has 1 aliphatic rings. The Labute approximate surface area is 142 Å². The van der Waals surface area contributed by atoms with Gasteiger partial charge >= 0.3 is 5.97 Å². The fourth-order valence-corrected chi connectivity index (χ4v) is 2.37. The van der Waals surface area contributed by atoms with Crippen LogP contribution in [0.3, 0.4) is 0 Å². The van der Waals surface area contributed by atoms with E-state index < -0.39 is 17.9 Å². The summed E-state index contributed by atoms with van der Waals surface area (Å²) < 4.78 is 11.0. The molecule has 6 heteroatoms. The first-order valence-corrected chi connectivity index (χ1v) is 8.27. The van der Waals surface area contributed by atoms with Crippen molar-refractivity contribution in [1.29, 1.82) is 0 Å². The van der Waals surface area contributed by atoms with Crippen molar-refractivity contribution in [3.63, 3.8) is 0 Å². The largest absolute Gasteiger partial charge is 0.493 e. The minimum absolute atomic E-state index is 0.0342. The maximum absolute atomic E-state index is 12.3. The van der Waals surface area contributed by atoms with Crippen LogP contribution in [0.4, 0.5) is 0 Å². The molecule has 0 heterocycles. The minimum atomic E-state index is -0.994. The maximum atomic E-state index is 12.3. The number of carboxylic acid groups (broad SMARTS) is 1. The van der Waals surface area contributed by atoms with Crippen LogP contribution in [0.15, 0.2) is 18.2 Å². The standard InChI is InChI=1S/C18H25NO5/c1-11(2)8-9-24-14-7-6-13(10-15(14)23-3)17(20)19-16(18(21)22)12-4-5-12/h6-7,10-12,16H,4-5,8-9H2,1-3H3,(H,19,20)(H,21,22). The van der Waals surface area contributed by atoms with Crippen molar-refractivity contribution in [3.8, 4) is 11.5 Å². The van der Waals surface area contributed by atoms with Gasteiger partial charge < -0.3 is 19.9 Å². The first-order chi connectivity index (χ1) is 11.4. The van der Waals surface area contributed by atoms with E-state index in [4.69, 9.17) is 9.47 Å². The Morgan fingerprint density at radius 1 is 1.29 bits per heavy atom. The quantitative estimate of drug-likeness (QED) is 0.725. The van der Waals surface area contributed by atoms with Crippen LogP contribution in [-0.2, 0) is 4.79 Å². The van der Waals surface area contributed by atoms with E-state index in [0.717, 1.165) is 19.3 Å².